The Morgan fingerprint density at radius 3 is 2.56 bits per heavy atom. The van der Waals surface area contributed by atoms with E-state index in [0.29, 0.717) is 47.4 Å². The maximum absolute atomic E-state index is 12.3. The van der Waals surface area contributed by atoms with Crippen molar-refractivity contribution in [1.82, 2.24) is 0 Å². The summed E-state index contributed by atoms with van der Waals surface area (Å²) in [6, 6.07) is 12.2. The van der Waals surface area contributed by atoms with E-state index < -0.39 is 0 Å². The molecule has 1 aliphatic heterocycles. The first-order chi connectivity index (χ1) is 12.1. The number of ether oxygens (including phenoxy) is 2. The lowest BCUT2D eigenvalue weighted by atomic mass is 10.0. The molecular weight excluding hydrogens is 342 g/mol. The third-order valence-electron chi connectivity index (χ3n) is 3.82. The van der Waals surface area contributed by atoms with Gasteiger partial charge < -0.3 is 14.8 Å². The second kappa shape index (κ2) is 8.03. The molecule has 0 radical (unpaired) electrons. The molecule has 130 valence electrons. The summed E-state index contributed by atoms with van der Waals surface area (Å²) in [5, 5.41) is 3.23. The number of benzene rings is 2. The van der Waals surface area contributed by atoms with Crippen LogP contribution in [-0.2, 0) is 4.79 Å². The molecule has 0 spiro atoms. The summed E-state index contributed by atoms with van der Waals surface area (Å²) in [6.45, 7) is 0.994. The Bertz CT molecular complexity index is 791. The summed E-state index contributed by atoms with van der Waals surface area (Å²) < 4.78 is 10.9. The molecule has 3 rings (SSSR count). The van der Waals surface area contributed by atoms with Gasteiger partial charge in [0.1, 0.15) is 13.2 Å². The van der Waals surface area contributed by atoms with Gasteiger partial charge in [-0.25, -0.2) is 0 Å². The zero-order valence-corrected chi connectivity index (χ0v) is 14.3. The first kappa shape index (κ1) is 17.3. The van der Waals surface area contributed by atoms with E-state index in [-0.39, 0.29) is 24.5 Å². The number of para-hydroxylation sites is 1. The predicted octanol–water partition coefficient (Wildman–Crippen LogP) is 4.10. The number of hydrogen-bond acceptors (Lipinski definition) is 4. The van der Waals surface area contributed by atoms with Gasteiger partial charge in [0, 0.05) is 18.4 Å². The van der Waals surface area contributed by atoms with Crippen LogP contribution < -0.4 is 14.8 Å². The number of halogens is 1. The first-order valence-corrected chi connectivity index (χ1v) is 8.48. The van der Waals surface area contributed by atoms with Gasteiger partial charge in [-0.1, -0.05) is 23.7 Å². The number of anilines is 1. The third-order valence-corrected chi connectivity index (χ3v) is 4.15. The van der Waals surface area contributed by atoms with Crippen molar-refractivity contribution in [1.29, 1.82) is 0 Å². The van der Waals surface area contributed by atoms with E-state index in [9.17, 15) is 9.59 Å². The van der Waals surface area contributed by atoms with Gasteiger partial charge in [-0.05, 0) is 36.8 Å². The van der Waals surface area contributed by atoms with Crippen molar-refractivity contribution in [2.75, 3.05) is 18.5 Å². The van der Waals surface area contributed by atoms with Crippen LogP contribution in [0.3, 0.4) is 0 Å². The number of rotatable bonds is 6. The SMILES string of the molecule is O=C(CCCC(=O)c1ccc2c(c1)OCCO2)Nc1ccccc1Cl. The summed E-state index contributed by atoms with van der Waals surface area (Å²) in [7, 11) is 0. The quantitative estimate of drug-likeness (QED) is 0.788. The third kappa shape index (κ3) is 4.51. The molecule has 2 aromatic rings. The van der Waals surface area contributed by atoms with Crippen molar-refractivity contribution in [2.45, 2.75) is 19.3 Å². The maximum atomic E-state index is 12.3. The average Bonchev–Trinajstić information content (AvgIpc) is 2.63. The van der Waals surface area contributed by atoms with Gasteiger partial charge in [-0.3, -0.25) is 9.59 Å². The van der Waals surface area contributed by atoms with Gasteiger partial charge in [-0.2, -0.15) is 0 Å². The molecule has 25 heavy (non-hydrogen) atoms. The highest BCUT2D eigenvalue weighted by Crippen LogP contribution is 2.31. The highest BCUT2D eigenvalue weighted by atomic mass is 35.5. The number of Topliss-reactive ketones (excluding diaryl/α,β-unsaturated/α-hetero) is 1. The van der Waals surface area contributed by atoms with Crippen molar-refractivity contribution in [3.8, 4) is 11.5 Å². The number of hydrogen-bond donors (Lipinski definition) is 1. The van der Waals surface area contributed by atoms with Crippen LogP contribution in [0, 0.1) is 0 Å². The van der Waals surface area contributed by atoms with Crippen LogP contribution in [-0.4, -0.2) is 24.9 Å². The van der Waals surface area contributed by atoms with Gasteiger partial charge in [0.05, 0.1) is 10.7 Å². The Morgan fingerprint density at radius 1 is 1.00 bits per heavy atom. The molecule has 0 atom stereocenters. The number of fused-ring (bicyclic) bond motifs is 1. The molecule has 0 unspecified atom stereocenters. The zero-order valence-electron chi connectivity index (χ0n) is 13.6. The highest BCUT2D eigenvalue weighted by molar-refractivity contribution is 6.33. The van der Waals surface area contributed by atoms with E-state index in [2.05, 4.69) is 5.32 Å². The fourth-order valence-corrected chi connectivity index (χ4v) is 2.73. The minimum atomic E-state index is -0.164. The Morgan fingerprint density at radius 2 is 1.76 bits per heavy atom. The normalized spacial score (nSPS) is 12.5. The fourth-order valence-electron chi connectivity index (χ4n) is 2.55. The monoisotopic (exact) mass is 359 g/mol. The molecule has 1 N–H and O–H groups in total. The zero-order chi connectivity index (χ0) is 17.6. The lowest BCUT2D eigenvalue weighted by Gasteiger charge is -2.18. The van der Waals surface area contributed by atoms with Crippen molar-refractivity contribution in [2.24, 2.45) is 0 Å². The second-order valence-corrected chi connectivity index (χ2v) is 6.07. The van der Waals surface area contributed by atoms with E-state index >= 15 is 0 Å². The van der Waals surface area contributed by atoms with Crippen molar-refractivity contribution < 1.29 is 19.1 Å². The lowest BCUT2D eigenvalue weighted by Crippen LogP contribution is -2.16. The number of carbonyl (C=O) groups is 2. The fraction of sp³-hybridized carbons (Fsp3) is 0.263. The van der Waals surface area contributed by atoms with Crippen molar-refractivity contribution in [3.63, 3.8) is 0 Å². The summed E-state index contributed by atoms with van der Waals surface area (Å²) in [4.78, 5) is 24.2. The van der Waals surface area contributed by atoms with Gasteiger partial charge in [0.15, 0.2) is 17.3 Å². The van der Waals surface area contributed by atoms with E-state index in [1.165, 1.54) is 0 Å². The van der Waals surface area contributed by atoms with Gasteiger partial charge in [-0.15, -0.1) is 0 Å². The summed E-state index contributed by atoms with van der Waals surface area (Å²) in [5.74, 6) is 1.06. The molecule has 0 bridgehead atoms. The number of amides is 1. The van der Waals surface area contributed by atoms with Crippen molar-refractivity contribution >= 4 is 29.0 Å². The average molecular weight is 360 g/mol. The predicted molar refractivity (Wildman–Crippen MR) is 95.7 cm³/mol. The van der Waals surface area contributed by atoms with Crippen molar-refractivity contribution in [3.05, 3.63) is 53.1 Å². The maximum Gasteiger partial charge on any atom is 0.224 e. The van der Waals surface area contributed by atoms with E-state index in [0.717, 1.165) is 0 Å². The van der Waals surface area contributed by atoms with Crippen LogP contribution in [0.5, 0.6) is 11.5 Å². The number of nitrogens with one attached hydrogen (secondary N) is 1. The molecule has 0 saturated heterocycles. The molecule has 5 nitrogen and oxygen atoms in total. The molecule has 1 amide bonds. The molecule has 0 saturated carbocycles. The Kier molecular flexibility index (Phi) is 5.56. The molecule has 1 aliphatic rings. The van der Waals surface area contributed by atoms with Crippen LogP contribution >= 0.6 is 11.6 Å². The van der Waals surface area contributed by atoms with E-state index in [4.69, 9.17) is 21.1 Å². The Labute approximate surface area is 150 Å². The second-order valence-electron chi connectivity index (χ2n) is 5.66. The van der Waals surface area contributed by atoms with E-state index in [1.807, 2.05) is 0 Å². The number of ketones is 1. The first-order valence-electron chi connectivity index (χ1n) is 8.11. The van der Waals surface area contributed by atoms with Crippen LogP contribution in [0.25, 0.3) is 0 Å². The summed E-state index contributed by atoms with van der Waals surface area (Å²) in [5.41, 5.74) is 1.14. The lowest BCUT2D eigenvalue weighted by molar-refractivity contribution is -0.116. The standard InChI is InChI=1S/C19H18ClNO4/c20-14-4-1-2-5-15(14)21-19(23)7-3-6-16(22)13-8-9-17-18(12-13)25-11-10-24-17/h1-2,4-5,8-9,12H,3,6-7,10-11H2,(H,21,23). The molecule has 0 fully saturated rings. The van der Waals surface area contributed by atoms with E-state index in [1.54, 1.807) is 42.5 Å². The van der Waals surface area contributed by atoms with Crippen LogP contribution in [0.15, 0.2) is 42.5 Å². The van der Waals surface area contributed by atoms with Crippen LogP contribution in [0.1, 0.15) is 29.6 Å². The summed E-state index contributed by atoms with van der Waals surface area (Å²) >= 11 is 6.00. The molecule has 1 heterocycles. The Balaban J connectivity index is 1.49. The molecule has 6 heteroatoms. The van der Waals surface area contributed by atoms with Gasteiger partial charge in [0.25, 0.3) is 0 Å². The minimum absolute atomic E-state index is 0.0254. The molecule has 2 aromatic carbocycles. The van der Waals surface area contributed by atoms with Crippen LogP contribution in [0.2, 0.25) is 5.02 Å². The highest BCUT2D eigenvalue weighted by Gasteiger charge is 2.15. The Hall–Kier alpha value is -2.53. The minimum Gasteiger partial charge on any atom is -0.486 e. The molecule has 0 aliphatic carbocycles. The smallest absolute Gasteiger partial charge is 0.224 e. The molecule has 0 aromatic heterocycles. The summed E-state index contributed by atoms with van der Waals surface area (Å²) in [6.07, 6.45) is 1.00. The van der Waals surface area contributed by atoms with Gasteiger partial charge in [0.2, 0.25) is 5.91 Å². The topological polar surface area (TPSA) is 64.6 Å². The van der Waals surface area contributed by atoms with Gasteiger partial charge >= 0.3 is 0 Å². The number of carbonyl (C=O) groups excluding carboxylic acids is 2. The molecular formula is C19H18ClNO4. The van der Waals surface area contributed by atoms with Crippen LogP contribution in [0.4, 0.5) is 5.69 Å². The largest absolute Gasteiger partial charge is 0.486 e.